The molecule has 1 unspecified atom stereocenters. The SMILES string of the molecule is CCOC1CCCN(C(=O)N(CC(=O)O)CC2CC2)C1. The lowest BCUT2D eigenvalue weighted by molar-refractivity contribution is -0.137. The van der Waals surface area contributed by atoms with Crippen LogP contribution in [0.25, 0.3) is 0 Å². The van der Waals surface area contributed by atoms with Crippen LogP contribution in [0.3, 0.4) is 0 Å². The second kappa shape index (κ2) is 6.92. The molecule has 1 saturated carbocycles. The Morgan fingerprint density at radius 2 is 2.10 bits per heavy atom. The molecule has 0 radical (unpaired) electrons. The van der Waals surface area contributed by atoms with Crippen LogP contribution in [-0.2, 0) is 9.53 Å². The normalized spacial score (nSPS) is 22.6. The minimum atomic E-state index is -0.947. The van der Waals surface area contributed by atoms with Gasteiger partial charge in [-0.2, -0.15) is 0 Å². The second-order valence-electron chi connectivity index (χ2n) is 5.67. The van der Waals surface area contributed by atoms with Gasteiger partial charge in [-0.25, -0.2) is 4.79 Å². The Balaban J connectivity index is 1.92. The van der Waals surface area contributed by atoms with Crippen molar-refractivity contribution in [2.24, 2.45) is 5.92 Å². The van der Waals surface area contributed by atoms with E-state index in [9.17, 15) is 9.59 Å². The molecule has 20 heavy (non-hydrogen) atoms. The van der Waals surface area contributed by atoms with E-state index in [-0.39, 0.29) is 18.7 Å². The van der Waals surface area contributed by atoms with Crippen molar-refractivity contribution in [3.63, 3.8) is 0 Å². The van der Waals surface area contributed by atoms with Crippen LogP contribution in [0.15, 0.2) is 0 Å². The summed E-state index contributed by atoms with van der Waals surface area (Å²) >= 11 is 0. The molecule has 0 aromatic heterocycles. The summed E-state index contributed by atoms with van der Waals surface area (Å²) in [5, 5.41) is 8.96. The standard InChI is InChI=1S/C14H24N2O4/c1-2-20-12-4-3-7-15(9-12)14(19)16(10-13(17)18)8-11-5-6-11/h11-12H,2-10H2,1H3,(H,17,18). The van der Waals surface area contributed by atoms with E-state index in [1.165, 1.54) is 4.90 Å². The number of rotatable bonds is 6. The van der Waals surface area contributed by atoms with Crippen LogP contribution in [0, 0.1) is 5.92 Å². The molecule has 1 saturated heterocycles. The maximum absolute atomic E-state index is 12.5. The van der Waals surface area contributed by atoms with Crippen molar-refractivity contribution in [2.75, 3.05) is 32.8 Å². The van der Waals surface area contributed by atoms with Crippen LogP contribution < -0.4 is 0 Å². The van der Waals surface area contributed by atoms with Crippen molar-refractivity contribution in [3.8, 4) is 0 Å². The fourth-order valence-corrected chi connectivity index (χ4v) is 2.67. The predicted octanol–water partition coefficient (Wildman–Crippen LogP) is 1.40. The van der Waals surface area contributed by atoms with Crippen molar-refractivity contribution < 1.29 is 19.4 Å². The van der Waals surface area contributed by atoms with Gasteiger partial charge in [0.15, 0.2) is 0 Å². The fraction of sp³-hybridized carbons (Fsp3) is 0.857. The lowest BCUT2D eigenvalue weighted by Crippen LogP contribution is -2.51. The average Bonchev–Trinajstić information content (AvgIpc) is 3.21. The van der Waals surface area contributed by atoms with Crippen molar-refractivity contribution in [2.45, 2.75) is 38.7 Å². The van der Waals surface area contributed by atoms with Crippen molar-refractivity contribution >= 4 is 12.0 Å². The van der Waals surface area contributed by atoms with Gasteiger partial charge >= 0.3 is 12.0 Å². The number of carboxylic acid groups (broad SMARTS) is 1. The van der Waals surface area contributed by atoms with E-state index in [2.05, 4.69) is 0 Å². The van der Waals surface area contributed by atoms with Crippen LogP contribution in [0.2, 0.25) is 0 Å². The number of carbonyl (C=O) groups excluding carboxylic acids is 1. The molecule has 0 aromatic rings. The van der Waals surface area contributed by atoms with Gasteiger partial charge in [-0.1, -0.05) is 0 Å². The van der Waals surface area contributed by atoms with Gasteiger partial charge in [0.2, 0.25) is 0 Å². The minimum Gasteiger partial charge on any atom is -0.480 e. The van der Waals surface area contributed by atoms with Gasteiger partial charge in [-0.3, -0.25) is 4.79 Å². The van der Waals surface area contributed by atoms with Gasteiger partial charge in [0.25, 0.3) is 0 Å². The number of amides is 2. The molecular formula is C14H24N2O4. The Morgan fingerprint density at radius 1 is 1.35 bits per heavy atom. The van der Waals surface area contributed by atoms with Gasteiger partial charge in [0.1, 0.15) is 6.54 Å². The molecule has 0 aromatic carbocycles. The highest BCUT2D eigenvalue weighted by atomic mass is 16.5. The zero-order valence-corrected chi connectivity index (χ0v) is 12.1. The fourth-order valence-electron chi connectivity index (χ4n) is 2.67. The first-order valence-corrected chi connectivity index (χ1v) is 7.47. The predicted molar refractivity (Wildman–Crippen MR) is 73.5 cm³/mol. The molecule has 2 rings (SSSR count). The third kappa shape index (κ3) is 4.37. The first-order valence-electron chi connectivity index (χ1n) is 7.47. The van der Waals surface area contributed by atoms with Crippen LogP contribution in [-0.4, -0.2) is 65.8 Å². The number of piperidine rings is 1. The number of hydrogen-bond acceptors (Lipinski definition) is 3. The average molecular weight is 284 g/mol. The van der Waals surface area contributed by atoms with Crippen molar-refractivity contribution in [1.82, 2.24) is 9.80 Å². The molecule has 1 aliphatic carbocycles. The molecule has 0 spiro atoms. The molecule has 2 fully saturated rings. The largest absolute Gasteiger partial charge is 0.480 e. The zero-order valence-electron chi connectivity index (χ0n) is 12.1. The Kier molecular flexibility index (Phi) is 5.23. The van der Waals surface area contributed by atoms with Gasteiger partial charge < -0.3 is 19.6 Å². The molecule has 1 atom stereocenters. The number of urea groups is 1. The summed E-state index contributed by atoms with van der Waals surface area (Å²) < 4.78 is 5.59. The molecule has 2 aliphatic rings. The Hall–Kier alpha value is -1.30. The highest BCUT2D eigenvalue weighted by Gasteiger charge is 2.32. The Bertz CT molecular complexity index is 355. The topological polar surface area (TPSA) is 70.1 Å². The molecule has 114 valence electrons. The van der Waals surface area contributed by atoms with Crippen LogP contribution >= 0.6 is 0 Å². The number of likely N-dealkylation sites (tertiary alicyclic amines) is 1. The quantitative estimate of drug-likeness (QED) is 0.800. The number of hydrogen-bond donors (Lipinski definition) is 1. The van der Waals surface area contributed by atoms with E-state index in [1.807, 2.05) is 6.92 Å². The first-order chi connectivity index (χ1) is 9.60. The van der Waals surface area contributed by atoms with Crippen LogP contribution in [0.1, 0.15) is 32.6 Å². The Labute approximate surface area is 119 Å². The summed E-state index contributed by atoms with van der Waals surface area (Å²) in [6.45, 7) is 4.24. The van der Waals surface area contributed by atoms with Gasteiger partial charge in [-0.15, -0.1) is 0 Å². The number of carbonyl (C=O) groups is 2. The van der Waals surface area contributed by atoms with E-state index < -0.39 is 5.97 Å². The monoisotopic (exact) mass is 284 g/mol. The third-order valence-corrected chi connectivity index (χ3v) is 3.82. The number of carboxylic acids is 1. The van der Waals surface area contributed by atoms with Gasteiger partial charge in [0.05, 0.1) is 6.10 Å². The lowest BCUT2D eigenvalue weighted by Gasteiger charge is -2.35. The first kappa shape index (κ1) is 15.1. The maximum atomic E-state index is 12.5. The van der Waals surface area contributed by atoms with E-state index in [4.69, 9.17) is 9.84 Å². The van der Waals surface area contributed by atoms with Crippen LogP contribution in [0.4, 0.5) is 4.79 Å². The molecule has 1 aliphatic heterocycles. The molecule has 6 nitrogen and oxygen atoms in total. The highest BCUT2D eigenvalue weighted by molar-refractivity contribution is 5.80. The van der Waals surface area contributed by atoms with E-state index in [1.54, 1.807) is 4.90 Å². The molecule has 1 N–H and O–H groups in total. The maximum Gasteiger partial charge on any atom is 0.323 e. The van der Waals surface area contributed by atoms with E-state index >= 15 is 0 Å². The third-order valence-electron chi connectivity index (χ3n) is 3.82. The smallest absolute Gasteiger partial charge is 0.323 e. The van der Waals surface area contributed by atoms with Gasteiger partial charge in [-0.05, 0) is 38.5 Å². The van der Waals surface area contributed by atoms with Crippen molar-refractivity contribution in [1.29, 1.82) is 0 Å². The van der Waals surface area contributed by atoms with E-state index in [0.717, 1.165) is 25.7 Å². The van der Waals surface area contributed by atoms with Gasteiger partial charge in [0, 0.05) is 26.2 Å². The highest BCUT2D eigenvalue weighted by Crippen LogP contribution is 2.30. The van der Waals surface area contributed by atoms with E-state index in [0.29, 0.717) is 32.2 Å². The summed E-state index contributed by atoms with van der Waals surface area (Å²) in [5.74, 6) is -0.455. The summed E-state index contributed by atoms with van der Waals surface area (Å²) in [7, 11) is 0. The zero-order chi connectivity index (χ0) is 14.5. The molecule has 0 bridgehead atoms. The summed E-state index contributed by atoms with van der Waals surface area (Å²) in [5.41, 5.74) is 0. The molecule has 2 amide bonds. The summed E-state index contributed by atoms with van der Waals surface area (Å²) in [4.78, 5) is 26.6. The minimum absolute atomic E-state index is 0.0882. The van der Waals surface area contributed by atoms with Crippen LogP contribution in [0.5, 0.6) is 0 Å². The number of nitrogens with zero attached hydrogens (tertiary/aromatic N) is 2. The summed E-state index contributed by atoms with van der Waals surface area (Å²) in [6.07, 6.45) is 4.18. The number of aliphatic carboxylic acids is 1. The molecule has 6 heteroatoms. The summed E-state index contributed by atoms with van der Waals surface area (Å²) in [6, 6.07) is -0.149. The Morgan fingerprint density at radius 3 is 2.70 bits per heavy atom. The molecule has 1 heterocycles. The lowest BCUT2D eigenvalue weighted by atomic mass is 10.1. The second-order valence-corrected chi connectivity index (χ2v) is 5.67. The van der Waals surface area contributed by atoms with Crippen molar-refractivity contribution in [3.05, 3.63) is 0 Å². The number of ether oxygens (including phenoxy) is 1. The molecular weight excluding hydrogens is 260 g/mol.